The number of rotatable bonds is 7. The second-order valence-electron chi connectivity index (χ2n) is 6.94. The molecule has 150 valence electrons. The summed E-state index contributed by atoms with van der Waals surface area (Å²) in [6, 6.07) is 7.73. The smallest absolute Gasteiger partial charge is 0.257 e. The van der Waals surface area contributed by atoms with Crippen LogP contribution in [0.3, 0.4) is 0 Å². The van der Waals surface area contributed by atoms with E-state index in [0.717, 1.165) is 24.2 Å². The summed E-state index contributed by atoms with van der Waals surface area (Å²) in [6.45, 7) is 2.53. The number of hydrogen-bond acceptors (Lipinski definition) is 5. The number of nitrogens with one attached hydrogen (secondary N) is 1. The van der Waals surface area contributed by atoms with Crippen LogP contribution in [0.4, 0.5) is 0 Å². The molecule has 1 aromatic carbocycles. The average molecular weight is 385 g/mol. The van der Waals surface area contributed by atoms with E-state index in [1.807, 2.05) is 24.3 Å². The number of amides is 2. The summed E-state index contributed by atoms with van der Waals surface area (Å²) >= 11 is 0. The third kappa shape index (κ3) is 4.89. The highest BCUT2D eigenvalue weighted by Crippen LogP contribution is 2.19. The Labute approximate surface area is 164 Å². The Morgan fingerprint density at radius 3 is 2.82 bits per heavy atom. The standard InChI is InChI=1S/C20H27N5O3/c1-28-18-6-4-15(5-7-18)12-25-14-17(11-23-25)20(27)24-10-2-3-16(13-24)19(26)22-9-8-21/h4-7,11,14,16H,2-3,8-10,12-13,21H2,1H3,(H,22,26). The Bertz CT molecular complexity index is 802. The molecule has 1 aliphatic rings. The number of carbonyl (C=O) groups is 2. The first-order chi connectivity index (χ1) is 13.6. The SMILES string of the molecule is COc1ccc(Cn2cc(C(=O)N3CCCC(C(=O)NCCN)C3)cn2)cc1. The Morgan fingerprint density at radius 2 is 2.11 bits per heavy atom. The van der Waals surface area contributed by atoms with E-state index in [1.165, 1.54) is 0 Å². The van der Waals surface area contributed by atoms with Gasteiger partial charge in [0, 0.05) is 32.4 Å². The number of hydrogen-bond donors (Lipinski definition) is 2. The van der Waals surface area contributed by atoms with E-state index in [9.17, 15) is 9.59 Å². The number of piperidine rings is 1. The Kier molecular flexibility index (Phi) is 6.65. The number of likely N-dealkylation sites (tertiary alicyclic amines) is 1. The number of methoxy groups -OCH3 is 1. The van der Waals surface area contributed by atoms with Crippen molar-refractivity contribution in [2.75, 3.05) is 33.3 Å². The quantitative estimate of drug-likeness (QED) is 0.736. The molecule has 1 aliphatic heterocycles. The van der Waals surface area contributed by atoms with Gasteiger partial charge in [0.25, 0.3) is 5.91 Å². The highest BCUT2D eigenvalue weighted by Gasteiger charge is 2.29. The second kappa shape index (κ2) is 9.36. The van der Waals surface area contributed by atoms with Gasteiger partial charge in [-0.2, -0.15) is 5.10 Å². The Balaban J connectivity index is 1.60. The summed E-state index contributed by atoms with van der Waals surface area (Å²) in [6.07, 6.45) is 4.94. The van der Waals surface area contributed by atoms with Crippen molar-refractivity contribution in [3.05, 3.63) is 47.8 Å². The number of ether oxygens (including phenoxy) is 1. The average Bonchev–Trinajstić information content (AvgIpc) is 3.20. The molecule has 3 N–H and O–H groups in total. The zero-order valence-electron chi connectivity index (χ0n) is 16.1. The molecule has 2 heterocycles. The molecule has 8 heteroatoms. The van der Waals surface area contributed by atoms with E-state index in [0.29, 0.717) is 38.3 Å². The minimum absolute atomic E-state index is 0.0295. The van der Waals surface area contributed by atoms with Crippen molar-refractivity contribution < 1.29 is 14.3 Å². The summed E-state index contributed by atoms with van der Waals surface area (Å²) in [5.74, 6) is 0.504. The molecule has 0 radical (unpaired) electrons. The summed E-state index contributed by atoms with van der Waals surface area (Å²) in [4.78, 5) is 26.8. The minimum atomic E-state index is -0.182. The van der Waals surface area contributed by atoms with Gasteiger partial charge in [0.15, 0.2) is 0 Å². The first kappa shape index (κ1) is 19.9. The molecule has 1 atom stereocenters. The van der Waals surface area contributed by atoms with Crippen LogP contribution in [0.2, 0.25) is 0 Å². The molecule has 2 aromatic rings. The molecule has 1 unspecified atom stereocenters. The molecule has 3 rings (SSSR count). The van der Waals surface area contributed by atoms with E-state index < -0.39 is 0 Å². The lowest BCUT2D eigenvalue weighted by Gasteiger charge is -2.31. The van der Waals surface area contributed by atoms with E-state index in [-0.39, 0.29) is 17.7 Å². The second-order valence-corrected chi connectivity index (χ2v) is 6.94. The largest absolute Gasteiger partial charge is 0.497 e. The molecule has 0 aliphatic carbocycles. The maximum Gasteiger partial charge on any atom is 0.257 e. The van der Waals surface area contributed by atoms with Crippen LogP contribution in [-0.4, -0.2) is 59.8 Å². The minimum Gasteiger partial charge on any atom is -0.497 e. The van der Waals surface area contributed by atoms with Crippen LogP contribution < -0.4 is 15.8 Å². The first-order valence-corrected chi connectivity index (χ1v) is 9.53. The van der Waals surface area contributed by atoms with Gasteiger partial charge < -0.3 is 20.7 Å². The summed E-state index contributed by atoms with van der Waals surface area (Å²) < 4.78 is 6.90. The number of benzene rings is 1. The molecule has 1 saturated heterocycles. The van der Waals surface area contributed by atoms with Gasteiger partial charge in [-0.1, -0.05) is 12.1 Å². The molecule has 0 bridgehead atoms. The molecule has 1 fully saturated rings. The fraction of sp³-hybridized carbons (Fsp3) is 0.450. The summed E-state index contributed by atoms with van der Waals surface area (Å²) in [5.41, 5.74) is 7.04. The fourth-order valence-electron chi connectivity index (χ4n) is 3.38. The number of nitrogens with zero attached hydrogens (tertiary/aromatic N) is 3. The number of carbonyl (C=O) groups excluding carboxylic acids is 2. The Morgan fingerprint density at radius 1 is 1.32 bits per heavy atom. The van der Waals surface area contributed by atoms with E-state index in [1.54, 1.807) is 29.1 Å². The molecular formula is C20H27N5O3. The molecule has 0 spiro atoms. The maximum atomic E-state index is 12.8. The molecule has 8 nitrogen and oxygen atoms in total. The maximum absolute atomic E-state index is 12.8. The van der Waals surface area contributed by atoms with Crippen LogP contribution in [-0.2, 0) is 11.3 Å². The highest BCUT2D eigenvalue weighted by molar-refractivity contribution is 5.94. The van der Waals surface area contributed by atoms with Crippen LogP contribution in [0.15, 0.2) is 36.7 Å². The summed E-state index contributed by atoms with van der Waals surface area (Å²) in [7, 11) is 1.63. The van der Waals surface area contributed by atoms with Crippen molar-refractivity contribution in [2.24, 2.45) is 11.7 Å². The zero-order valence-corrected chi connectivity index (χ0v) is 16.1. The van der Waals surface area contributed by atoms with Crippen LogP contribution in [0.25, 0.3) is 0 Å². The van der Waals surface area contributed by atoms with E-state index >= 15 is 0 Å². The van der Waals surface area contributed by atoms with Crippen molar-refractivity contribution in [3.8, 4) is 5.75 Å². The predicted octanol–water partition coefficient (Wildman–Crippen LogP) is 0.867. The molecule has 28 heavy (non-hydrogen) atoms. The topological polar surface area (TPSA) is 102 Å². The van der Waals surface area contributed by atoms with Crippen molar-refractivity contribution in [1.82, 2.24) is 20.0 Å². The zero-order chi connectivity index (χ0) is 19.9. The number of aromatic nitrogens is 2. The van der Waals surface area contributed by atoms with Gasteiger partial charge in [-0.3, -0.25) is 14.3 Å². The highest BCUT2D eigenvalue weighted by atomic mass is 16.5. The van der Waals surface area contributed by atoms with Crippen LogP contribution >= 0.6 is 0 Å². The van der Waals surface area contributed by atoms with Gasteiger partial charge >= 0.3 is 0 Å². The van der Waals surface area contributed by atoms with Crippen molar-refractivity contribution in [3.63, 3.8) is 0 Å². The fourth-order valence-corrected chi connectivity index (χ4v) is 3.38. The lowest BCUT2D eigenvalue weighted by atomic mass is 9.96. The molecular weight excluding hydrogens is 358 g/mol. The van der Waals surface area contributed by atoms with Crippen LogP contribution in [0, 0.1) is 5.92 Å². The summed E-state index contributed by atoms with van der Waals surface area (Å²) in [5, 5.41) is 7.12. The molecule has 0 saturated carbocycles. The number of nitrogens with two attached hydrogens (primary N) is 1. The van der Waals surface area contributed by atoms with Crippen LogP contribution in [0.1, 0.15) is 28.8 Å². The monoisotopic (exact) mass is 385 g/mol. The van der Waals surface area contributed by atoms with Crippen molar-refractivity contribution in [1.29, 1.82) is 0 Å². The normalized spacial score (nSPS) is 16.6. The predicted molar refractivity (Wildman–Crippen MR) is 105 cm³/mol. The van der Waals surface area contributed by atoms with E-state index in [2.05, 4.69) is 10.4 Å². The van der Waals surface area contributed by atoms with Gasteiger partial charge in [0.2, 0.25) is 5.91 Å². The van der Waals surface area contributed by atoms with Gasteiger partial charge in [0.05, 0.1) is 31.3 Å². The lowest BCUT2D eigenvalue weighted by molar-refractivity contribution is -0.126. The molecule has 1 aromatic heterocycles. The van der Waals surface area contributed by atoms with E-state index in [4.69, 9.17) is 10.5 Å². The third-order valence-corrected chi connectivity index (χ3v) is 4.91. The molecule has 2 amide bonds. The first-order valence-electron chi connectivity index (χ1n) is 9.53. The van der Waals surface area contributed by atoms with Crippen molar-refractivity contribution in [2.45, 2.75) is 19.4 Å². The van der Waals surface area contributed by atoms with Gasteiger partial charge in [-0.15, -0.1) is 0 Å². The van der Waals surface area contributed by atoms with Gasteiger partial charge in [-0.25, -0.2) is 0 Å². The van der Waals surface area contributed by atoms with Crippen molar-refractivity contribution >= 4 is 11.8 Å². The Hall–Kier alpha value is -2.87. The lowest BCUT2D eigenvalue weighted by Crippen LogP contribution is -2.46. The van der Waals surface area contributed by atoms with Crippen LogP contribution in [0.5, 0.6) is 5.75 Å². The van der Waals surface area contributed by atoms with Gasteiger partial charge in [-0.05, 0) is 30.5 Å². The van der Waals surface area contributed by atoms with Gasteiger partial charge in [0.1, 0.15) is 5.75 Å². The third-order valence-electron chi connectivity index (χ3n) is 4.91.